The van der Waals surface area contributed by atoms with Gasteiger partial charge < -0.3 is 10.2 Å². The van der Waals surface area contributed by atoms with Crippen LogP contribution in [-0.4, -0.2) is 52.0 Å². The Hall–Kier alpha value is -2.58. The van der Waals surface area contributed by atoms with Gasteiger partial charge in [0.05, 0.1) is 6.04 Å². The van der Waals surface area contributed by atoms with Crippen LogP contribution >= 0.6 is 23.1 Å². The highest BCUT2D eigenvalue weighted by atomic mass is 32.2. The molecule has 1 N–H and O–H groups in total. The largest absolute Gasteiger partial charge is 0.327 e. The average Bonchev–Trinajstić information content (AvgIpc) is 3.39. The van der Waals surface area contributed by atoms with Gasteiger partial charge in [0, 0.05) is 17.1 Å². The lowest BCUT2D eigenvalue weighted by Gasteiger charge is -2.40. The summed E-state index contributed by atoms with van der Waals surface area (Å²) in [5.74, 6) is -0.452. The molecule has 0 spiro atoms. The van der Waals surface area contributed by atoms with Crippen LogP contribution in [0.25, 0.3) is 0 Å². The second-order valence-electron chi connectivity index (χ2n) is 6.97. The Morgan fingerprint density at radius 3 is 2.76 bits per heavy atom. The van der Waals surface area contributed by atoms with Gasteiger partial charge in [-0.1, -0.05) is 30.3 Å². The first-order valence-corrected chi connectivity index (χ1v) is 11.2. The molecule has 150 valence electrons. The summed E-state index contributed by atoms with van der Waals surface area (Å²) in [7, 11) is 0. The Kier molecular flexibility index (Phi) is 5.73. The molecule has 0 saturated carbocycles. The van der Waals surface area contributed by atoms with Crippen molar-refractivity contribution in [3.63, 3.8) is 0 Å². The predicted octanol–water partition coefficient (Wildman–Crippen LogP) is 3.50. The van der Waals surface area contributed by atoms with Crippen molar-refractivity contribution < 1.29 is 14.4 Å². The van der Waals surface area contributed by atoms with E-state index in [9.17, 15) is 14.4 Å². The Labute approximate surface area is 177 Å². The quantitative estimate of drug-likeness (QED) is 0.766. The first-order chi connectivity index (χ1) is 14.0. The molecule has 6 nitrogen and oxygen atoms in total. The van der Waals surface area contributed by atoms with Gasteiger partial charge in [-0.15, -0.1) is 23.1 Å². The highest BCUT2D eigenvalue weighted by Crippen LogP contribution is 2.34. The molecule has 1 fully saturated rings. The van der Waals surface area contributed by atoms with Gasteiger partial charge in [-0.3, -0.25) is 14.5 Å². The number of carbonyl (C=O) groups is 3. The van der Waals surface area contributed by atoms with E-state index in [4.69, 9.17) is 0 Å². The Morgan fingerprint density at radius 1 is 1.17 bits per heavy atom. The summed E-state index contributed by atoms with van der Waals surface area (Å²) in [6.07, 6.45) is 2.46. The molecule has 1 aromatic heterocycles. The number of thiophene rings is 1. The highest BCUT2D eigenvalue weighted by molar-refractivity contribution is 8.03. The van der Waals surface area contributed by atoms with E-state index in [0.29, 0.717) is 13.0 Å². The van der Waals surface area contributed by atoms with E-state index in [-0.39, 0.29) is 29.7 Å². The third-order valence-electron chi connectivity index (χ3n) is 5.05. The second-order valence-corrected chi connectivity index (χ2v) is 9.05. The van der Waals surface area contributed by atoms with Gasteiger partial charge in [-0.05, 0) is 41.8 Å². The number of carbonyl (C=O) groups excluding carboxylic acids is 3. The fourth-order valence-corrected chi connectivity index (χ4v) is 5.27. The molecule has 3 heterocycles. The number of nitrogens with zero attached hydrogens (tertiary/aromatic N) is 2. The summed E-state index contributed by atoms with van der Waals surface area (Å²) >= 11 is 3.01. The van der Waals surface area contributed by atoms with Crippen LogP contribution in [0.15, 0.2) is 53.3 Å². The summed E-state index contributed by atoms with van der Waals surface area (Å²) in [5, 5.41) is 6.31. The Balaban J connectivity index is 1.49. The minimum atomic E-state index is -0.403. The minimum absolute atomic E-state index is 0.0952. The molecule has 1 saturated heterocycles. The van der Waals surface area contributed by atoms with E-state index in [2.05, 4.69) is 5.32 Å². The van der Waals surface area contributed by atoms with Crippen LogP contribution < -0.4 is 5.32 Å². The molecule has 2 aliphatic heterocycles. The average molecular weight is 428 g/mol. The van der Waals surface area contributed by atoms with E-state index >= 15 is 0 Å². The molecule has 0 aliphatic carbocycles. The SMILES string of the molecule is Cc1ccccc1NC(=O)CN1C(=O)N(CCc2cccs2)C(=O)C2SC=CC21. The molecule has 2 unspecified atom stereocenters. The number of anilines is 1. The van der Waals surface area contributed by atoms with Gasteiger partial charge in [0.2, 0.25) is 11.8 Å². The molecular weight excluding hydrogens is 406 g/mol. The van der Waals surface area contributed by atoms with E-state index in [1.165, 1.54) is 21.6 Å². The van der Waals surface area contributed by atoms with Crippen LogP contribution in [0.2, 0.25) is 0 Å². The number of rotatable bonds is 6. The van der Waals surface area contributed by atoms with Gasteiger partial charge in [0.25, 0.3) is 0 Å². The summed E-state index contributed by atoms with van der Waals surface area (Å²) in [6.45, 7) is 2.14. The van der Waals surface area contributed by atoms with Gasteiger partial charge in [-0.2, -0.15) is 0 Å². The van der Waals surface area contributed by atoms with E-state index in [1.54, 1.807) is 11.3 Å². The monoisotopic (exact) mass is 427 g/mol. The fourth-order valence-electron chi connectivity index (χ4n) is 3.51. The van der Waals surface area contributed by atoms with Crippen LogP contribution in [0.3, 0.4) is 0 Å². The lowest BCUT2D eigenvalue weighted by molar-refractivity contribution is -0.132. The molecule has 8 heteroatoms. The van der Waals surface area contributed by atoms with Crippen molar-refractivity contribution in [2.24, 2.45) is 0 Å². The molecule has 0 bridgehead atoms. The van der Waals surface area contributed by atoms with Crippen molar-refractivity contribution >= 4 is 46.6 Å². The number of benzene rings is 1. The standard InChI is InChI=1S/C21H21N3O3S2/c1-14-5-2-3-7-16(14)22-18(25)13-24-17-9-12-29-19(17)20(26)23(21(24)27)10-8-15-6-4-11-28-15/h2-7,9,11-12,17,19H,8,10,13H2,1H3,(H,22,25). The number of thioether (sulfide) groups is 1. The van der Waals surface area contributed by atoms with Crippen molar-refractivity contribution in [2.45, 2.75) is 24.6 Å². The van der Waals surface area contributed by atoms with Crippen LogP contribution in [0.4, 0.5) is 10.5 Å². The molecule has 1 aromatic carbocycles. The number of fused-ring (bicyclic) bond motifs is 1. The number of nitrogens with one attached hydrogen (secondary N) is 1. The van der Waals surface area contributed by atoms with Crippen molar-refractivity contribution in [3.05, 3.63) is 63.7 Å². The smallest absolute Gasteiger partial charge is 0.324 e. The number of imide groups is 1. The van der Waals surface area contributed by atoms with Gasteiger partial charge in [0.15, 0.2) is 0 Å². The molecule has 2 aliphatic rings. The van der Waals surface area contributed by atoms with Gasteiger partial charge in [-0.25, -0.2) is 4.79 Å². The normalized spacial score (nSPS) is 20.9. The summed E-state index contributed by atoms with van der Waals surface area (Å²) in [5.41, 5.74) is 1.67. The van der Waals surface area contributed by atoms with Crippen LogP contribution in [-0.2, 0) is 16.0 Å². The lowest BCUT2D eigenvalue weighted by Crippen LogP contribution is -2.63. The lowest BCUT2D eigenvalue weighted by atomic mass is 10.1. The van der Waals surface area contributed by atoms with Crippen molar-refractivity contribution in [1.29, 1.82) is 0 Å². The van der Waals surface area contributed by atoms with Crippen LogP contribution in [0.5, 0.6) is 0 Å². The molecular formula is C21H21N3O3S2. The van der Waals surface area contributed by atoms with Gasteiger partial charge >= 0.3 is 6.03 Å². The van der Waals surface area contributed by atoms with Crippen molar-refractivity contribution in [2.75, 3.05) is 18.4 Å². The molecule has 2 aromatic rings. The first-order valence-electron chi connectivity index (χ1n) is 9.36. The predicted molar refractivity (Wildman–Crippen MR) is 116 cm³/mol. The molecule has 29 heavy (non-hydrogen) atoms. The summed E-state index contributed by atoms with van der Waals surface area (Å²) < 4.78 is 0. The van der Waals surface area contributed by atoms with E-state index in [0.717, 1.165) is 16.1 Å². The highest BCUT2D eigenvalue weighted by Gasteiger charge is 2.47. The van der Waals surface area contributed by atoms with Gasteiger partial charge in [0.1, 0.15) is 11.8 Å². The van der Waals surface area contributed by atoms with Crippen molar-refractivity contribution in [1.82, 2.24) is 9.80 Å². The third kappa shape index (κ3) is 4.09. The zero-order chi connectivity index (χ0) is 20.4. The number of hydrogen-bond acceptors (Lipinski definition) is 5. The van der Waals surface area contributed by atoms with E-state index < -0.39 is 6.03 Å². The fraction of sp³-hybridized carbons (Fsp3) is 0.286. The first kappa shape index (κ1) is 19.7. The Morgan fingerprint density at radius 2 is 2.00 bits per heavy atom. The number of para-hydroxylation sites is 1. The van der Waals surface area contributed by atoms with Crippen LogP contribution in [0.1, 0.15) is 10.4 Å². The number of aryl methyl sites for hydroxylation is 1. The number of amides is 4. The molecule has 2 atom stereocenters. The van der Waals surface area contributed by atoms with Crippen molar-refractivity contribution in [3.8, 4) is 0 Å². The molecule has 4 amide bonds. The van der Waals surface area contributed by atoms with E-state index in [1.807, 2.05) is 60.2 Å². The zero-order valence-corrected chi connectivity index (χ0v) is 17.5. The zero-order valence-electron chi connectivity index (χ0n) is 15.9. The third-order valence-corrected chi connectivity index (χ3v) is 7.08. The second kappa shape index (κ2) is 8.42. The topological polar surface area (TPSA) is 69.7 Å². The maximum absolute atomic E-state index is 13.1. The maximum atomic E-state index is 13.1. The molecule has 0 radical (unpaired) electrons. The number of urea groups is 1. The molecule has 4 rings (SSSR count). The summed E-state index contributed by atoms with van der Waals surface area (Å²) in [4.78, 5) is 42.5. The Bertz CT molecular complexity index is 958. The maximum Gasteiger partial charge on any atom is 0.327 e. The number of hydrogen-bond donors (Lipinski definition) is 1. The minimum Gasteiger partial charge on any atom is -0.324 e. The summed E-state index contributed by atoms with van der Waals surface area (Å²) in [6, 6.07) is 10.7. The van der Waals surface area contributed by atoms with Crippen LogP contribution in [0, 0.1) is 6.92 Å².